The van der Waals surface area contributed by atoms with E-state index in [9.17, 15) is 4.79 Å². The third-order valence-electron chi connectivity index (χ3n) is 3.02. The second-order valence-corrected chi connectivity index (χ2v) is 5.89. The fourth-order valence-corrected chi connectivity index (χ4v) is 2.81. The topological polar surface area (TPSA) is 46.3 Å². The van der Waals surface area contributed by atoms with Gasteiger partial charge >= 0.3 is 0 Å². The van der Waals surface area contributed by atoms with Gasteiger partial charge in [0.1, 0.15) is 0 Å². The normalized spacial score (nSPS) is 20.1. The molecule has 1 aliphatic rings. The number of hydrogen-bond donors (Lipinski definition) is 1. The Morgan fingerprint density at radius 1 is 1.53 bits per heavy atom. The summed E-state index contributed by atoms with van der Waals surface area (Å²) < 4.78 is 0.983. The highest BCUT2D eigenvalue weighted by Crippen LogP contribution is 2.34. The van der Waals surface area contributed by atoms with Crippen molar-refractivity contribution in [3.05, 3.63) is 22.2 Å². The molecule has 2 N–H and O–H groups in total. The summed E-state index contributed by atoms with van der Waals surface area (Å²) in [5, 5.41) is 0.849. The zero-order valence-corrected chi connectivity index (χ0v) is 12.7. The third kappa shape index (κ3) is 2.50. The first kappa shape index (κ1) is 12.9. The van der Waals surface area contributed by atoms with Crippen molar-refractivity contribution in [3.8, 4) is 0 Å². The maximum atomic E-state index is 11.9. The number of carbonyl (C=O) groups excluding carboxylic acids is 1. The fourth-order valence-electron chi connectivity index (χ4n) is 2.04. The van der Waals surface area contributed by atoms with E-state index in [-0.39, 0.29) is 5.91 Å². The van der Waals surface area contributed by atoms with E-state index in [1.54, 1.807) is 4.90 Å². The van der Waals surface area contributed by atoms with Crippen LogP contribution in [0, 0.1) is 12.8 Å². The standard InChI is InChI=1S/C12H14Br2N2O/c1-7-2-10(15)11(4-9(7)14)16-6-8(5-13)3-12(16)17/h2,4,8H,3,5-6,15H2,1H3. The first-order chi connectivity index (χ1) is 8.02. The van der Waals surface area contributed by atoms with E-state index in [2.05, 4.69) is 31.9 Å². The minimum Gasteiger partial charge on any atom is -0.397 e. The first-order valence-corrected chi connectivity index (χ1v) is 7.36. The number of rotatable bonds is 2. The number of nitrogens with zero attached hydrogens (tertiary/aromatic N) is 1. The molecule has 0 aromatic heterocycles. The quantitative estimate of drug-likeness (QED) is 0.649. The van der Waals surface area contributed by atoms with E-state index in [1.807, 2.05) is 19.1 Å². The molecule has 0 saturated carbocycles. The predicted octanol–water partition coefficient (Wildman–Crippen LogP) is 3.09. The van der Waals surface area contributed by atoms with Crippen LogP contribution in [0.2, 0.25) is 0 Å². The molecule has 0 bridgehead atoms. The lowest BCUT2D eigenvalue weighted by Gasteiger charge is -2.19. The number of aryl methyl sites for hydroxylation is 1. The predicted molar refractivity (Wildman–Crippen MR) is 77.5 cm³/mol. The van der Waals surface area contributed by atoms with Crippen molar-refractivity contribution in [1.29, 1.82) is 0 Å². The Hall–Kier alpha value is -0.550. The van der Waals surface area contributed by atoms with Crippen LogP contribution in [0.25, 0.3) is 0 Å². The molecule has 17 heavy (non-hydrogen) atoms. The molecule has 0 aliphatic carbocycles. The molecule has 1 saturated heterocycles. The monoisotopic (exact) mass is 360 g/mol. The van der Waals surface area contributed by atoms with Gasteiger partial charge in [-0.1, -0.05) is 31.9 Å². The van der Waals surface area contributed by atoms with Gasteiger partial charge in [0.25, 0.3) is 0 Å². The van der Waals surface area contributed by atoms with Gasteiger partial charge in [-0.2, -0.15) is 0 Å². The Morgan fingerprint density at radius 2 is 2.24 bits per heavy atom. The number of nitrogens with two attached hydrogens (primary N) is 1. The van der Waals surface area contributed by atoms with Crippen molar-refractivity contribution in [3.63, 3.8) is 0 Å². The molecule has 1 aliphatic heterocycles. The maximum absolute atomic E-state index is 11.9. The van der Waals surface area contributed by atoms with Crippen molar-refractivity contribution >= 4 is 49.1 Å². The zero-order chi connectivity index (χ0) is 12.6. The number of hydrogen-bond acceptors (Lipinski definition) is 2. The molecule has 5 heteroatoms. The summed E-state index contributed by atoms with van der Waals surface area (Å²) in [5.41, 5.74) is 8.55. The minimum atomic E-state index is 0.150. The van der Waals surface area contributed by atoms with Gasteiger partial charge in [0, 0.05) is 22.8 Å². The number of anilines is 2. The molecule has 0 radical (unpaired) electrons. The molecule has 0 spiro atoms. The number of halogens is 2. The van der Waals surface area contributed by atoms with Gasteiger partial charge in [0.05, 0.1) is 11.4 Å². The molecule has 1 heterocycles. The van der Waals surface area contributed by atoms with Crippen molar-refractivity contribution in [2.24, 2.45) is 5.92 Å². The number of carbonyl (C=O) groups is 1. The van der Waals surface area contributed by atoms with Crippen molar-refractivity contribution < 1.29 is 4.79 Å². The van der Waals surface area contributed by atoms with Gasteiger partial charge in [-0.15, -0.1) is 0 Å². The highest BCUT2D eigenvalue weighted by atomic mass is 79.9. The summed E-state index contributed by atoms with van der Waals surface area (Å²) >= 11 is 6.91. The van der Waals surface area contributed by atoms with Crippen molar-refractivity contribution in [2.45, 2.75) is 13.3 Å². The highest BCUT2D eigenvalue weighted by molar-refractivity contribution is 9.10. The van der Waals surface area contributed by atoms with Crippen LogP contribution in [0.15, 0.2) is 16.6 Å². The SMILES string of the molecule is Cc1cc(N)c(N2CC(CBr)CC2=O)cc1Br. The lowest BCUT2D eigenvalue weighted by molar-refractivity contribution is -0.117. The zero-order valence-electron chi connectivity index (χ0n) is 9.54. The van der Waals surface area contributed by atoms with Gasteiger partial charge in [-0.25, -0.2) is 0 Å². The van der Waals surface area contributed by atoms with E-state index >= 15 is 0 Å². The Bertz CT molecular complexity index is 462. The first-order valence-electron chi connectivity index (χ1n) is 5.45. The van der Waals surface area contributed by atoms with Crippen LogP contribution in [-0.2, 0) is 4.79 Å². The molecule has 2 rings (SSSR count). The van der Waals surface area contributed by atoms with Crippen molar-refractivity contribution in [1.82, 2.24) is 0 Å². The van der Waals surface area contributed by atoms with Crippen LogP contribution in [-0.4, -0.2) is 17.8 Å². The number of benzene rings is 1. The molecule has 1 unspecified atom stereocenters. The van der Waals surface area contributed by atoms with E-state index < -0.39 is 0 Å². The van der Waals surface area contributed by atoms with Gasteiger partial charge < -0.3 is 10.6 Å². The lowest BCUT2D eigenvalue weighted by atomic mass is 10.1. The molecular formula is C12H14Br2N2O. The summed E-state index contributed by atoms with van der Waals surface area (Å²) in [6, 6.07) is 3.83. The molecule has 1 atom stereocenters. The van der Waals surface area contributed by atoms with Crippen LogP contribution >= 0.6 is 31.9 Å². The van der Waals surface area contributed by atoms with Crippen LogP contribution in [0.1, 0.15) is 12.0 Å². The van der Waals surface area contributed by atoms with Crippen LogP contribution in [0.3, 0.4) is 0 Å². The molecule has 3 nitrogen and oxygen atoms in total. The summed E-state index contributed by atoms with van der Waals surface area (Å²) in [6.07, 6.45) is 0.593. The third-order valence-corrected chi connectivity index (χ3v) is 4.79. The van der Waals surface area contributed by atoms with Crippen molar-refractivity contribution in [2.75, 3.05) is 22.5 Å². The number of nitrogen functional groups attached to an aromatic ring is 1. The molecule has 1 amide bonds. The van der Waals surface area contributed by atoms with E-state index in [0.29, 0.717) is 18.0 Å². The van der Waals surface area contributed by atoms with Crippen LogP contribution in [0.4, 0.5) is 11.4 Å². The average Bonchev–Trinajstić information content (AvgIpc) is 2.65. The van der Waals surface area contributed by atoms with Crippen LogP contribution in [0.5, 0.6) is 0 Å². The van der Waals surface area contributed by atoms with Gasteiger partial charge in [-0.3, -0.25) is 4.79 Å². The molecular weight excluding hydrogens is 348 g/mol. The molecule has 1 aromatic rings. The maximum Gasteiger partial charge on any atom is 0.227 e. The summed E-state index contributed by atoms with van der Waals surface area (Å²) in [4.78, 5) is 13.7. The van der Waals surface area contributed by atoms with Gasteiger partial charge in [0.2, 0.25) is 5.91 Å². The lowest BCUT2D eigenvalue weighted by Crippen LogP contribution is -2.25. The number of alkyl halides is 1. The molecule has 1 aromatic carbocycles. The van der Waals surface area contributed by atoms with E-state index in [0.717, 1.165) is 27.6 Å². The van der Waals surface area contributed by atoms with Gasteiger partial charge in [-0.05, 0) is 30.5 Å². The second kappa shape index (κ2) is 4.98. The second-order valence-electron chi connectivity index (χ2n) is 4.39. The molecule has 1 fully saturated rings. The largest absolute Gasteiger partial charge is 0.397 e. The summed E-state index contributed by atoms with van der Waals surface area (Å²) in [5.74, 6) is 0.527. The number of amides is 1. The average molecular weight is 362 g/mol. The fraction of sp³-hybridized carbons (Fsp3) is 0.417. The summed E-state index contributed by atoms with van der Waals surface area (Å²) in [6.45, 7) is 2.72. The molecule has 92 valence electrons. The Balaban J connectivity index is 2.35. The Labute approximate surface area is 118 Å². The Kier molecular flexibility index (Phi) is 3.78. The van der Waals surface area contributed by atoms with Gasteiger partial charge in [0.15, 0.2) is 0 Å². The Morgan fingerprint density at radius 3 is 2.82 bits per heavy atom. The smallest absolute Gasteiger partial charge is 0.227 e. The van der Waals surface area contributed by atoms with Crippen LogP contribution < -0.4 is 10.6 Å². The summed E-state index contributed by atoms with van der Waals surface area (Å²) in [7, 11) is 0. The minimum absolute atomic E-state index is 0.150. The highest BCUT2D eigenvalue weighted by Gasteiger charge is 2.31. The van der Waals surface area contributed by atoms with E-state index in [1.165, 1.54) is 0 Å². The van der Waals surface area contributed by atoms with E-state index in [4.69, 9.17) is 5.73 Å².